The predicted octanol–water partition coefficient (Wildman–Crippen LogP) is -2.75. The minimum absolute atomic E-state index is 0.000213. The third-order valence-corrected chi connectivity index (χ3v) is 18.4. The van der Waals surface area contributed by atoms with Crippen LogP contribution < -0.4 is 74.9 Å². The number of aliphatic hydroxyl groups excluding tert-OH is 1. The number of nitrogens with zero attached hydrogens (tertiary/aromatic N) is 3. The van der Waals surface area contributed by atoms with E-state index in [4.69, 9.17) is 5.73 Å². The second-order valence-corrected chi connectivity index (χ2v) is 28.7. The molecule has 618 valence electrons. The van der Waals surface area contributed by atoms with E-state index in [0.29, 0.717) is 22.5 Å². The molecule has 4 heterocycles. The number of carbonyl (C=O) groups is 15. The van der Waals surface area contributed by atoms with Crippen molar-refractivity contribution in [1.29, 1.82) is 0 Å². The molecule has 22 N–H and O–H groups in total. The van der Waals surface area contributed by atoms with E-state index in [9.17, 15) is 87.2 Å². The van der Waals surface area contributed by atoms with E-state index in [-0.39, 0.29) is 68.9 Å². The maximum Gasteiger partial charge on any atom is 0.325 e. The van der Waals surface area contributed by atoms with E-state index in [1.165, 1.54) is 58.3 Å². The number of para-hydroxylation sites is 1. The Labute approximate surface area is 656 Å². The molecule has 39 heteroatoms. The number of aliphatic hydroxyl groups is 1. The van der Waals surface area contributed by atoms with Gasteiger partial charge in [-0.15, -0.1) is 0 Å². The number of fused-ring (bicyclic) bond motifs is 1. The van der Waals surface area contributed by atoms with Gasteiger partial charge < -0.3 is 110 Å². The number of aromatic amines is 4. The summed E-state index contributed by atoms with van der Waals surface area (Å²) in [5, 5.41) is 63.7. The van der Waals surface area contributed by atoms with Crippen LogP contribution in [0.4, 0.5) is 0 Å². The molecule has 0 aliphatic heterocycles. The molecule has 114 heavy (non-hydrogen) atoms. The molecule has 0 aliphatic carbocycles. The summed E-state index contributed by atoms with van der Waals surface area (Å²) in [5.41, 5.74) is 8.55. The lowest BCUT2D eigenvalue weighted by Crippen LogP contribution is -2.61. The monoisotopic (exact) mass is 1590 g/mol. The highest BCUT2D eigenvalue weighted by atomic mass is 16.4. The summed E-state index contributed by atoms with van der Waals surface area (Å²) in [6.07, 6.45) is 8.15. The highest BCUT2D eigenvalue weighted by Crippen LogP contribution is 2.21. The molecule has 39 nitrogen and oxygen atoms in total. The number of nitrogens with two attached hydrogens (primary N) is 1. The van der Waals surface area contributed by atoms with Crippen molar-refractivity contribution in [3.05, 3.63) is 127 Å². The predicted molar refractivity (Wildman–Crippen MR) is 410 cm³/mol. The van der Waals surface area contributed by atoms with Gasteiger partial charge in [-0.2, -0.15) is 0 Å². The number of H-pyrrole nitrogens is 4. The highest BCUT2D eigenvalue weighted by molar-refractivity contribution is 6.00. The molecular weight excluding hydrogens is 1480 g/mol. The van der Waals surface area contributed by atoms with Crippen molar-refractivity contribution in [3.8, 4) is 0 Å². The third kappa shape index (κ3) is 29.0. The van der Waals surface area contributed by atoms with Crippen LogP contribution in [0.3, 0.4) is 0 Å². The molecule has 0 spiro atoms. The molecule has 0 aliphatic rings. The summed E-state index contributed by atoms with van der Waals surface area (Å²) in [5.74, 6) is -15.7. The molecule has 4 aromatic heterocycles. The number of carboxylic acid groups (broad SMARTS) is 2. The number of aliphatic carboxylic acids is 2. The molecule has 6 rings (SSSR count). The molecule has 2 aromatic carbocycles. The number of hydrogen-bond donors (Lipinski definition) is 21. The van der Waals surface area contributed by atoms with Gasteiger partial charge in [0, 0.05) is 74.2 Å². The van der Waals surface area contributed by atoms with Crippen LogP contribution in [0.5, 0.6) is 0 Å². The van der Waals surface area contributed by atoms with Gasteiger partial charge in [-0.05, 0) is 75.0 Å². The van der Waals surface area contributed by atoms with Crippen LogP contribution in [0, 0.1) is 17.8 Å². The smallest absolute Gasteiger partial charge is 0.325 e. The normalized spacial score (nSPS) is 15.0. The van der Waals surface area contributed by atoms with Gasteiger partial charge in [-0.1, -0.05) is 96.5 Å². The Kier molecular flexibility index (Phi) is 35.4. The van der Waals surface area contributed by atoms with Crippen molar-refractivity contribution < 1.29 is 87.2 Å². The number of amides is 13. The van der Waals surface area contributed by atoms with Crippen molar-refractivity contribution in [2.45, 2.75) is 205 Å². The maximum atomic E-state index is 14.8. The van der Waals surface area contributed by atoms with Crippen LogP contribution in [-0.2, 0) is 104 Å². The zero-order chi connectivity index (χ0) is 83.9. The lowest BCUT2D eigenvalue weighted by molar-refractivity contribution is -0.142. The Balaban J connectivity index is 1.11. The Morgan fingerprint density at radius 3 is 1.33 bits per heavy atom. The topological polar surface area (TPSA) is 601 Å². The molecule has 6 aromatic rings. The first-order valence-electron chi connectivity index (χ1n) is 37.4. The third-order valence-electron chi connectivity index (χ3n) is 18.4. The van der Waals surface area contributed by atoms with Crippen LogP contribution in [0.1, 0.15) is 123 Å². The number of nitrogens with one attached hydrogen (secondary N) is 17. The summed E-state index contributed by atoms with van der Waals surface area (Å²) in [7, 11) is 0. The number of rotatable bonds is 47. The molecule has 0 fully saturated rings. The molecular formula is C75H105N21O18. The summed E-state index contributed by atoms with van der Waals surface area (Å²) < 4.78 is 0. The van der Waals surface area contributed by atoms with Gasteiger partial charge in [0.05, 0.1) is 55.3 Å². The number of imidazole rings is 3. The number of carboxylic acids is 2. The van der Waals surface area contributed by atoms with E-state index in [1.807, 2.05) is 6.07 Å². The van der Waals surface area contributed by atoms with Crippen molar-refractivity contribution >= 4 is 99.6 Å². The van der Waals surface area contributed by atoms with Gasteiger partial charge in [0.2, 0.25) is 76.8 Å². The van der Waals surface area contributed by atoms with Crippen LogP contribution in [0.15, 0.2) is 98.4 Å². The zero-order valence-corrected chi connectivity index (χ0v) is 64.8. The molecule has 0 radical (unpaired) electrons. The summed E-state index contributed by atoms with van der Waals surface area (Å²) in [6.45, 7) is 12.4. The number of hydrogen-bond acceptors (Lipinski definition) is 20. The fraction of sp³-hybridized carbons (Fsp3) is 0.493. The van der Waals surface area contributed by atoms with Crippen molar-refractivity contribution in [2.24, 2.45) is 23.5 Å². The summed E-state index contributed by atoms with van der Waals surface area (Å²) in [6, 6.07) is -2.86. The van der Waals surface area contributed by atoms with Crippen molar-refractivity contribution in [2.75, 3.05) is 13.2 Å². The Morgan fingerprint density at radius 1 is 0.430 bits per heavy atom. The van der Waals surface area contributed by atoms with Crippen LogP contribution in [-0.4, -0.2) is 231 Å². The van der Waals surface area contributed by atoms with E-state index in [0.717, 1.165) is 10.9 Å². The zero-order valence-electron chi connectivity index (χ0n) is 64.8. The summed E-state index contributed by atoms with van der Waals surface area (Å²) >= 11 is 0. The standard InChI is InChI=1S/C75H105N21O18/c1-10-40(6)62(96-66(104)51(20-21-61(99)100)88-70(108)56(89-63(101)41(7)76)26-46-30-77-35-82-46)74(112)85-42(8)64(102)90-57(27-47-31-78-36-83-47)72(110)95-59(34-97)73(111)91-52(22-38(2)3)65(103)81-33-60(98)87-53(23-39(4)5)68(106)92-54(24-44-16-12-11-13-17-44)69(107)94-58(28-48-32-79-37-84-48)71(109)93-55(67(105)86-43(9)75(113)114)25-45-29-80-50-19-15-14-18-49(45)50/h11-19,29-32,35-43,51-59,62,80,97H,10,20-28,33-34,76H2,1-9H3,(H,77,82)(H,78,83)(H,79,84)(H,81,103)(H,85,112)(H,86,105)(H,87,98)(H,88,108)(H,89,101)(H,90,102)(H,91,111)(H,92,106)(H,93,109)(H,94,107)(H,95,110)(H,96,104)(H,99,100)(H,113,114)/t40-,41-,42-,43-,51-,52-,53-,54-,55-,56-,57-,58-,59-,62-/m0/s1. The van der Waals surface area contributed by atoms with Gasteiger partial charge in [-0.3, -0.25) is 71.9 Å². The molecule has 14 atom stereocenters. The second-order valence-electron chi connectivity index (χ2n) is 28.7. The lowest BCUT2D eigenvalue weighted by atomic mass is 9.97. The van der Waals surface area contributed by atoms with Gasteiger partial charge in [0.1, 0.15) is 72.5 Å². The van der Waals surface area contributed by atoms with Gasteiger partial charge >= 0.3 is 11.9 Å². The first-order chi connectivity index (χ1) is 54.1. The molecule has 0 unspecified atom stereocenters. The quantitative estimate of drug-likeness (QED) is 0.0184. The van der Waals surface area contributed by atoms with Crippen molar-refractivity contribution in [1.82, 2.24) is 104 Å². The number of aromatic nitrogens is 7. The minimum Gasteiger partial charge on any atom is -0.481 e. The molecule has 0 saturated heterocycles. The van der Waals surface area contributed by atoms with E-state index < -0.39 is 199 Å². The molecule has 13 amide bonds. The molecule has 0 bridgehead atoms. The Bertz CT molecular complexity index is 4230. The highest BCUT2D eigenvalue weighted by Gasteiger charge is 2.38. The number of carbonyl (C=O) groups excluding carboxylic acids is 13. The van der Waals surface area contributed by atoms with Crippen LogP contribution in [0.25, 0.3) is 10.9 Å². The average molecular weight is 1590 g/mol. The fourth-order valence-electron chi connectivity index (χ4n) is 11.9. The van der Waals surface area contributed by atoms with E-state index in [2.05, 4.69) is 104 Å². The van der Waals surface area contributed by atoms with Crippen LogP contribution >= 0.6 is 0 Å². The maximum absolute atomic E-state index is 14.8. The van der Waals surface area contributed by atoms with Gasteiger partial charge in [0.25, 0.3) is 0 Å². The first kappa shape index (κ1) is 90.5. The summed E-state index contributed by atoms with van der Waals surface area (Å²) in [4.78, 5) is 230. The lowest BCUT2D eigenvalue weighted by Gasteiger charge is -2.29. The Morgan fingerprint density at radius 2 is 0.851 bits per heavy atom. The number of benzene rings is 2. The van der Waals surface area contributed by atoms with E-state index >= 15 is 0 Å². The second kappa shape index (κ2) is 44.6. The molecule has 0 saturated carbocycles. The van der Waals surface area contributed by atoms with Gasteiger partial charge in [-0.25, -0.2) is 15.0 Å². The van der Waals surface area contributed by atoms with Crippen molar-refractivity contribution in [3.63, 3.8) is 0 Å². The Hall–Kier alpha value is -12.4. The van der Waals surface area contributed by atoms with Gasteiger partial charge in [0.15, 0.2) is 0 Å². The SMILES string of the molecule is CC[C@H](C)[C@H](NC(=O)[C@H](CCC(=O)O)NC(=O)[C@H](Cc1c[nH]cn1)NC(=O)[C@H](C)N)C(=O)N[C@@H](C)C(=O)N[C@@H](Cc1c[nH]cn1)C(=O)N[C@@H](CO)C(=O)N[C@@H](CC(C)C)C(=O)NCC(=O)N[C@@H](CC(C)C)C(=O)N[C@@H](Cc1ccccc1)C(=O)N[C@@H](Cc1c[nH]cn1)C(=O)N[C@@H](Cc1c[nH]c2ccccc12)C(=O)N[C@@H](C)C(=O)O. The largest absolute Gasteiger partial charge is 0.481 e. The average Bonchev–Trinajstić information content (AvgIpc) is 1.66. The first-order valence-corrected chi connectivity index (χ1v) is 37.4. The van der Waals surface area contributed by atoms with E-state index in [1.54, 1.807) is 96.3 Å². The fourth-order valence-corrected chi connectivity index (χ4v) is 11.9. The van der Waals surface area contributed by atoms with Crippen LogP contribution in [0.2, 0.25) is 0 Å². The minimum atomic E-state index is -1.79.